The fourth-order valence-corrected chi connectivity index (χ4v) is 5.89. The molecule has 14 heteroatoms. The van der Waals surface area contributed by atoms with Crippen LogP contribution in [0.3, 0.4) is 0 Å². The average molecular weight is 698 g/mol. The zero-order valence-corrected chi connectivity index (χ0v) is 27.7. The third-order valence-electron chi connectivity index (χ3n) is 8.87. The highest BCUT2D eigenvalue weighted by atomic mass is 19.4. The van der Waals surface area contributed by atoms with Crippen molar-refractivity contribution in [1.29, 1.82) is 0 Å². The number of aryl methyl sites for hydroxylation is 1. The summed E-state index contributed by atoms with van der Waals surface area (Å²) in [6.45, 7) is 6.71. The summed E-state index contributed by atoms with van der Waals surface area (Å²) >= 11 is 0. The van der Waals surface area contributed by atoms with Crippen molar-refractivity contribution < 1.29 is 49.8 Å². The molecule has 1 aliphatic heterocycles. The Hall–Kier alpha value is -4.20. The molecule has 2 unspecified atom stereocenters. The molecule has 4 rings (SSSR count). The van der Waals surface area contributed by atoms with Crippen LogP contribution in [0.5, 0.6) is 0 Å². The van der Waals surface area contributed by atoms with Crippen LogP contribution in [0.15, 0.2) is 48.7 Å². The summed E-state index contributed by atoms with van der Waals surface area (Å²) in [5, 5.41) is 2.96. The van der Waals surface area contributed by atoms with Crippen molar-refractivity contribution in [2.75, 3.05) is 43.6 Å². The van der Waals surface area contributed by atoms with Gasteiger partial charge < -0.3 is 19.7 Å². The summed E-state index contributed by atoms with van der Waals surface area (Å²) in [6.07, 6.45) is -8.16. The highest BCUT2D eigenvalue weighted by molar-refractivity contribution is 5.94. The molecular weight excluding hydrogens is 659 g/mol. The number of methoxy groups -OCH3 is 1. The lowest BCUT2D eigenvalue weighted by Gasteiger charge is -2.38. The van der Waals surface area contributed by atoms with E-state index in [1.54, 1.807) is 33.1 Å². The molecule has 49 heavy (non-hydrogen) atoms. The van der Waals surface area contributed by atoms with Gasteiger partial charge in [-0.1, -0.05) is 6.07 Å². The van der Waals surface area contributed by atoms with E-state index in [2.05, 4.69) is 10.3 Å². The smallest absolute Gasteiger partial charge is 0.416 e. The van der Waals surface area contributed by atoms with E-state index in [0.717, 1.165) is 0 Å². The summed E-state index contributed by atoms with van der Waals surface area (Å²) in [5.74, 6) is -0.989. The normalized spacial score (nSPS) is 17.2. The van der Waals surface area contributed by atoms with Gasteiger partial charge in [0.1, 0.15) is 11.6 Å². The number of nitrogens with one attached hydrogen (secondary N) is 1. The molecular formula is C35H38F7N3O4. The molecule has 0 bridgehead atoms. The van der Waals surface area contributed by atoms with Gasteiger partial charge in [-0.15, -0.1) is 0 Å². The minimum atomic E-state index is -5.07. The van der Waals surface area contributed by atoms with Gasteiger partial charge in [0.15, 0.2) is 5.78 Å². The average Bonchev–Trinajstić information content (AvgIpc) is 3.03. The van der Waals surface area contributed by atoms with Crippen LogP contribution in [0.25, 0.3) is 11.1 Å². The maximum Gasteiger partial charge on any atom is 0.416 e. The highest BCUT2D eigenvalue weighted by Gasteiger charge is 2.40. The van der Waals surface area contributed by atoms with Crippen molar-refractivity contribution >= 4 is 23.3 Å². The molecule has 2 aromatic carbocycles. The van der Waals surface area contributed by atoms with Crippen molar-refractivity contribution in [2.24, 2.45) is 5.92 Å². The van der Waals surface area contributed by atoms with Crippen LogP contribution in [-0.4, -0.2) is 56.2 Å². The second-order valence-corrected chi connectivity index (χ2v) is 12.5. The molecule has 1 N–H and O–H groups in total. The third-order valence-corrected chi connectivity index (χ3v) is 8.87. The standard InChI is InChI=1S/C35H38F7N3O4/c1-6-49-32(47)12-21-9-10-45(19-29(21)48-5)31-16-27(26-8-7-25(36)11-20(26)2)28(17-44-31)43-18-30(46)33(3,4)22-13-23(34(37,38)39)15-24(14-22)35(40,41)42/h7-8,11,13-17,21,29,43H,6,9-10,12,18-19H2,1-5H3. The molecule has 0 saturated carbocycles. The van der Waals surface area contributed by atoms with Gasteiger partial charge in [0.25, 0.3) is 0 Å². The molecule has 0 amide bonds. The lowest BCUT2D eigenvalue weighted by atomic mass is 9.79. The first-order valence-electron chi connectivity index (χ1n) is 15.6. The lowest BCUT2D eigenvalue weighted by molar-refractivity contribution is -0.146. The summed E-state index contributed by atoms with van der Waals surface area (Å²) in [5.41, 5.74) is -3.18. The van der Waals surface area contributed by atoms with Crippen molar-refractivity contribution in [3.05, 3.63) is 76.7 Å². The van der Waals surface area contributed by atoms with Crippen LogP contribution in [0.4, 0.5) is 42.2 Å². The Labute approximate surface area is 279 Å². The molecule has 7 nitrogen and oxygen atoms in total. The van der Waals surface area contributed by atoms with Gasteiger partial charge in [0.05, 0.1) is 54.1 Å². The second-order valence-electron chi connectivity index (χ2n) is 12.5. The molecule has 266 valence electrons. The van der Waals surface area contributed by atoms with Crippen LogP contribution in [0, 0.1) is 18.7 Å². The number of piperidine rings is 1. The molecule has 0 spiro atoms. The van der Waals surface area contributed by atoms with Crippen molar-refractivity contribution in [3.63, 3.8) is 0 Å². The van der Waals surface area contributed by atoms with Gasteiger partial charge in [0, 0.05) is 25.8 Å². The van der Waals surface area contributed by atoms with E-state index < -0.39 is 52.6 Å². The quantitative estimate of drug-likeness (QED) is 0.161. The first-order chi connectivity index (χ1) is 22.8. The molecule has 0 aliphatic carbocycles. The largest absolute Gasteiger partial charge is 0.466 e. The number of benzene rings is 2. The van der Waals surface area contributed by atoms with Crippen molar-refractivity contribution in [2.45, 2.75) is 64.4 Å². The van der Waals surface area contributed by atoms with Crippen molar-refractivity contribution in [3.8, 4) is 11.1 Å². The minimum absolute atomic E-state index is 0.0184. The summed E-state index contributed by atoms with van der Waals surface area (Å²) in [4.78, 5) is 32.2. The molecule has 3 aromatic rings. The topological polar surface area (TPSA) is 80.8 Å². The molecule has 2 atom stereocenters. The number of nitrogens with zero attached hydrogens (tertiary/aromatic N) is 2. The number of carbonyl (C=O) groups is 2. The maximum absolute atomic E-state index is 14.1. The number of anilines is 2. The number of halogens is 7. The fraction of sp³-hybridized carbons (Fsp3) is 0.457. The number of hydrogen-bond acceptors (Lipinski definition) is 7. The number of alkyl halides is 6. The fourth-order valence-electron chi connectivity index (χ4n) is 5.89. The number of rotatable bonds is 11. The second kappa shape index (κ2) is 14.7. The number of carbonyl (C=O) groups excluding carboxylic acids is 2. The zero-order valence-electron chi connectivity index (χ0n) is 27.7. The van der Waals surface area contributed by atoms with E-state index in [1.165, 1.54) is 32.2 Å². The third kappa shape index (κ3) is 8.89. The SMILES string of the molecule is CCOC(=O)CC1CCN(c2cc(-c3ccc(F)cc3C)c(NCC(=O)C(C)(C)c3cc(C(F)(F)F)cc(C(F)(F)F)c3)cn2)CC1OC. The Kier molecular flexibility index (Phi) is 11.3. The Morgan fingerprint density at radius 1 is 0.959 bits per heavy atom. The summed E-state index contributed by atoms with van der Waals surface area (Å²) in [7, 11) is 1.56. The monoisotopic (exact) mass is 697 g/mol. The van der Waals surface area contributed by atoms with E-state index >= 15 is 0 Å². The van der Waals surface area contributed by atoms with Crippen LogP contribution in [-0.2, 0) is 36.8 Å². The summed E-state index contributed by atoms with van der Waals surface area (Å²) < 4.78 is 106. The van der Waals surface area contributed by atoms with Gasteiger partial charge in [-0.2, -0.15) is 26.3 Å². The summed E-state index contributed by atoms with van der Waals surface area (Å²) in [6, 6.07) is 7.05. The molecule has 2 heterocycles. The number of hydrogen-bond donors (Lipinski definition) is 1. The predicted molar refractivity (Wildman–Crippen MR) is 170 cm³/mol. The predicted octanol–water partition coefficient (Wildman–Crippen LogP) is 7.99. The van der Waals surface area contributed by atoms with Crippen LogP contribution in [0.2, 0.25) is 0 Å². The molecule has 0 radical (unpaired) electrons. The Morgan fingerprint density at radius 2 is 1.59 bits per heavy atom. The first-order valence-corrected chi connectivity index (χ1v) is 15.6. The van der Waals surface area contributed by atoms with E-state index in [9.17, 15) is 40.3 Å². The molecule has 1 saturated heterocycles. The Bertz CT molecular complexity index is 1640. The maximum atomic E-state index is 14.1. The van der Waals surface area contributed by atoms with E-state index in [-0.39, 0.29) is 37.1 Å². The number of esters is 1. The Balaban J connectivity index is 1.64. The van der Waals surface area contributed by atoms with Crippen LogP contribution >= 0.6 is 0 Å². The van der Waals surface area contributed by atoms with E-state index in [1.807, 2.05) is 4.90 Å². The van der Waals surface area contributed by atoms with E-state index in [4.69, 9.17) is 9.47 Å². The van der Waals surface area contributed by atoms with Crippen LogP contribution in [0.1, 0.15) is 55.9 Å². The zero-order chi connectivity index (χ0) is 36.3. The van der Waals surface area contributed by atoms with E-state index in [0.29, 0.717) is 59.8 Å². The van der Waals surface area contributed by atoms with Crippen molar-refractivity contribution in [1.82, 2.24) is 4.98 Å². The minimum Gasteiger partial charge on any atom is -0.466 e. The molecule has 1 aliphatic rings. The number of ketones is 1. The van der Waals surface area contributed by atoms with Gasteiger partial charge in [0.2, 0.25) is 0 Å². The van der Waals surface area contributed by atoms with Gasteiger partial charge in [-0.25, -0.2) is 9.37 Å². The Morgan fingerprint density at radius 3 is 2.16 bits per heavy atom. The number of ether oxygens (including phenoxy) is 2. The van der Waals surface area contributed by atoms with Gasteiger partial charge >= 0.3 is 18.3 Å². The van der Waals surface area contributed by atoms with Gasteiger partial charge in [-0.05, 0) is 93.1 Å². The highest BCUT2D eigenvalue weighted by Crippen LogP contribution is 2.40. The van der Waals surface area contributed by atoms with Crippen LogP contribution < -0.4 is 10.2 Å². The number of aromatic nitrogens is 1. The molecule has 1 fully saturated rings. The number of pyridine rings is 1. The van der Waals surface area contributed by atoms with Gasteiger partial charge in [-0.3, -0.25) is 9.59 Å². The number of Topliss-reactive ketones (excluding diaryl/α,β-unsaturated/α-hetero) is 1. The lowest BCUT2D eigenvalue weighted by Crippen LogP contribution is -2.46. The first kappa shape index (κ1) is 37.6. The molecule has 1 aromatic heterocycles.